The van der Waals surface area contributed by atoms with Crippen molar-refractivity contribution in [1.29, 1.82) is 0 Å². The summed E-state index contributed by atoms with van der Waals surface area (Å²) in [5.74, 6) is -0.468. The van der Waals surface area contributed by atoms with Crippen LogP contribution in [0.4, 0.5) is 13.2 Å². The van der Waals surface area contributed by atoms with E-state index in [2.05, 4.69) is 20.9 Å². The molecule has 1 aromatic heterocycles. The molecule has 25 heavy (non-hydrogen) atoms. The minimum absolute atomic E-state index is 0.252. The number of benzene rings is 2. The molecule has 0 amide bonds. The van der Waals surface area contributed by atoms with E-state index in [0.717, 1.165) is 27.2 Å². The number of halogens is 4. The van der Waals surface area contributed by atoms with Crippen LogP contribution in [0, 0.1) is 6.92 Å². The molecule has 2 aromatic carbocycles. The summed E-state index contributed by atoms with van der Waals surface area (Å²) in [5.41, 5.74) is 2.93. The topological polar surface area (TPSA) is 12.9 Å². The molecule has 0 saturated carbocycles. The van der Waals surface area contributed by atoms with Gasteiger partial charge in [-0.1, -0.05) is 52.3 Å². The summed E-state index contributed by atoms with van der Waals surface area (Å²) in [4.78, 5) is 4.45. The smallest absolute Gasteiger partial charge is 0.253 e. The SMILES string of the molecule is Cc1cc(C(F)(F)F)c2c(n1)-c1ccccc1C2c1ccc(Br)cc1. The van der Waals surface area contributed by atoms with Crippen LogP contribution in [0.1, 0.15) is 33.9 Å². The van der Waals surface area contributed by atoms with Gasteiger partial charge in [0.1, 0.15) is 0 Å². The third-order valence-corrected chi connectivity index (χ3v) is 5.04. The Morgan fingerprint density at radius 1 is 1.00 bits per heavy atom. The van der Waals surface area contributed by atoms with E-state index in [1.165, 1.54) is 0 Å². The highest BCUT2D eigenvalue weighted by Gasteiger charge is 2.42. The Labute approximate surface area is 151 Å². The molecule has 0 N–H and O–H groups in total. The summed E-state index contributed by atoms with van der Waals surface area (Å²) in [7, 11) is 0. The quantitative estimate of drug-likeness (QED) is 0.361. The van der Waals surface area contributed by atoms with Crippen LogP contribution in [-0.2, 0) is 6.18 Å². The van der Waals surface area contributed by atoms with Crippen LogP contribution in [0.15, 0.2) is 59.1 Å². The van der Waals surface area contributed by atoms with Crippen LogP contribution < -0.4 is 0 Å². The first-order valence-electron chi connectivity index (χ1n) is 7.80. The van der Waals surface area contributed by atoms with Crippen molar-refractivity contribution in [3.05, 3.63) is 87.0 Å². The second kappa shape index (κ2) is 5.70. The number of aryl methyl sites for hydroxylation is 1. The van der Waals surface area contributed by atoms with Gasteiger partial charge in [0, 0.05) is 27.2 Å². The molecule has 1 atom stereocenters. The van der Waals surface area contributed by atoms with Gasteiger partial charge in [-0.25, -0.2) is 0 Å². The minimum Gasteiger partial charge on any atom is -0.253 e. The molecule has 5 heteroatoms. The molecule has 1 unspecified atom stereocenters. The number of nitrogens with zero attached hydrogens (tertiary/aromatic N) is 1. The Kier molecular flexibility index (Phi) is 3.72. The maximum atomic E-state index is 13.8. The van der Waals surface area contributed by atoms with Crippen molar-refractivity contribution in [1.82, 2.24) is 4.98 Å². The zero-order valence-electron chi connectivity index (χ0n) is 13.2. The van der Waals surface area contributed by atoms with Crippen LogP contribution in [-0.4, -0.2) is 4.98 Å². The summed E-state index contributed by atoms with van der Waals surface area (Å²) in [6, 6.07) is 16.0. The van der Waals surface area contributed by atoms with Gasteiger partial charge in [0.05, 0.1) is 11.3 Å². The molecule has 3 aromatic rings. The lowest BCUT2D eigenvalue weighted by atomic mass is 9.87. The maximum Gasteiger partial charge on any atom is 0.416 e. The lowest BCUT2D eigenvalue weighted by Crippen LogP contribution is -2.13. The number of pyridine rings is 1. The number of hydrogen-bond acceptors (Lipinski definition) is 1. The predicted molar refractivity (Wildman–Crippen MR) is 94.5 cm³/mol. The van der Waals surface area contributed by atoms with E-state index in [1.807, 2.05) is 48.5 Å². The molecule has 0 radical (unpaired) electrons. The molecule has 1 nitrogen and oxygen atoms in total. The summed E-state index contributed by atoms with van der Waals surface area (Å²) < 4.78 is 42.2. The molecular formula is C20H13BrF3N. The molecule has 0 fully saturated rings. The Balaban J connectivity index is 2.06. The lowest BCUT2D eigenvalue weighted by molar-refractivity contribution is -0.138. The van der Waals surface area contributed by atoms with Gasteiger partial charge in [0.15, 0.2) is 0 Å². The monoisotopic (exact) mass is 403 g/mol. The lowest BCUT2D eigenvalue weighted by Gasteiger charge is -2.19. The molecule has 1 aliphatic rings. The average molecular weight is 404 g/mol. The van der Waals surface area contributed by atoms with E-state index in [4.69, 9.17) is 0 Å². The minimum atomic E-state index is -4.42. The van der Waals surface area contributed by atoms with E-state index >= 15 is 0 Å². The van der Waals surface area contributed by atoms with Crippen molar-refractivity contribution < 1.29 is 13.2 Å². The Bertz CT molecular complexity index is 962. The summed E-state index contributed by atoms with van der Waals surface area (Å²) in [6.07, 6.45) is -4.42. The van der Waals surface area contributed by atoms with E-state index in [-0.39, 0.29) is 5.56 Å². The number of aromatic nitrogens is 1. The van der Waals surface area contributed by atoms with E-state index in [9.17, 15) is 13.2 Å². The third kappa shape index (κ3) is 2.67. The largest absolute Gasteiger partial charge is 0.416 e. The summed E-state index contributed by atoms with van der Waals surface area (Å²) >= 11 is 3.38. The molecule has 0 bridgehead atoms. The average Bonchev–Trinajstić information content (AvgIpc) is 2.88. The fraction of sp³-hybridized carbons (Fsp3) is 0.150. The van der Waals surface area contributed by atoms with Crippen LogP contribution in [0.25, 0.3) is 11.3 Å². The summed E-state index contributed by atoms with van der Waals surface area (Å²) in [5, 5.41) is 0. The molecule has 0 saturated heterocycles. The first-order valence-corrected chi connectivity index (χ1v) is 8.59. The van der Waals surface area contributed by atoms with Gasteiger partial charge >= 0.3 is 6.18 Å². The molecule has 126 valence electrons. The Hall–Kier alpha value is -2.14. The standard InChI is InChI=1S/C20H13BrF3N/c1-11-10-16(20(22,23)24)18-17(12-6-8-13(21)9-7-12)14-4-2-3-5-15(14)19(18)25-11/h2-10,17H,1H3. The van der Waals surface area contributed by atoms with Gasteiger partial charge < -0.3 is 0 Å². The van der Waals surface area contributed by atoms with Crippen molar-refractivity contribution in [2.24, 2.45) is 0 Å². The zero-order chi connectivity index (χ0) is 17.8. The molecule has 0 spiro atoms. The van der Waals surface area contributed by atoms with E-state index in [0.29, 0.717) is 11.4 Å². The molecule has 1 heterocycles. The van der Waals surface area contributed by atoms with Crippen LogP contribution in [0.5, 0.6) is 0 Å². The first kappa shape index (κ1) is 16.3. The first-order chi connectivity index (χ1) is 11.9. The fourth-order valence-corrected chi connectivity index (χ4v) is 3.80. The normalized spacial score (nSPS) is 15.8. The van der Waals surface area contributed by atoms with Crippen LogP contribution >= 0.6 is 15.9 Å². The number of fused-ring (bicyclic) bond motifs is 3. The van der Waals surface area contributed by atoms with Crippen molar-refractivity contribution in [2.45, 2.75) is 19.0 Å². The summed E-state index contributed by atoms with van der Waals surface area (Å²) in [6.45, 7) is 1.60. The maximum absolute atomic E-state index is 13.8. The van der Waals surface area contributed by atoms with Crippen molar-refractivity contribution in [2.75, 3.05) is 0 Å². The molecule has 4 rings (SSSR count). The van der Waals surface area contributed by atoms with Crippen LogP contribution in [0.3, 0.4) is 0 Å². The Morgan fingerprint density at radius 2 is 1.68 bits per heavy atom. The van der Waals surface area contributed by atoms with Crippen molar-refractivity contribution in [3.8, 4) is 11.3 Å². The van der Waals surface area contributed by atoms with Gasteiger partial charge in [-0.2, -0.15) is 13.2 Å². The van der Waals surface area contributed by atoms with Crippen molar-refractivity contribution >= 4 is 15.9 Å². The Morgan fingerprint density at radius 3 is 2.36 bits per heavy atom. The number of hydrogen-bond donors (Lipinski definition) is 0. The van der Waals surface area contributed by atoms with Crippen molar-refractivity contribution in [3.63, 3.8) is 0 Å². The third-order valence-electron chi connectivity index (χ3n) is 4.51. The number of alkyl halides is 3. The molecular weight excluding hydrogens is 391 g/mol. The predicted octanol–water partition coefficient (Wildman–Crippen LogP) is 6.33. The van der Waals surface area contributed by atoms with Gasteiger partial charge in [0.25, 0.3) is 0 Å². The molecule has 0 aliphatic heterocycles. The van der Waals surface area contributed by atoms with E-state index in [1.54, 1.807) is 6.92 Å². The highest BCUT2D eigenvalue weighted by Crippen LogP contribution is 2.51. The highest BCUT2D eigenvalue weighted by atomic mass is 79.9. The second-order valence-electron chi connectivity index (χ2n) is 6.14. The second-order valence-corrected chi connectivity index (χ2v) is 7.06. The zero-order valence-corrected chi connectivity index (χ0v) is 14.8. The van der Waals surface area contributed by atoms with Gasteiger partial charge in [0.2, 0.25) is 0 Å². The van der Waals surface area contributed by atoms with Crippen LogP contribution in [0.2, 0.25) is 0 Å². The highest BCUT2D eigenvalue weighted by molar-refractivity contribution is 9.10. The van der Waals surface area contributed by atoms with E-state index < -0.39 is 17.7 Å². The fourth-order valence-electron chi connectivity index (χ4n) is 3.54. The number of rotatable bonds is 1. The van der Waals surface area contributed by atoms with Gasteiger partial charge in [-0.05, 0) is 36.2 Å². The van der Waals surface area contributed by atoms with Gasteiger partial charge in [-0.15, -0.1) is 0 Å². The molecule has 1 aliphatic carbocycles. The van der Waals surface area contributed by atoms with Gasteiger partial charge in [-0.3, -0.25) is 4.98 Å².